The molecule has 0 aromatic heterocycles. The van der Waals surface area contributed by atoms with Crippen LogP contribution in [0.25, 0.3) is 0 Å². The molecule has 2 amide bonds. The lowest BCUT2D eigenvalue weighted by atomic mass is 9.81. The summed E-state index contributed by atoms with van der Waals surface area (Å²) >= 11 is 0. The average Bonchev–Trinajstić information content (AvgIpc) is 3.09. The molecule has 1 heterocycles. The van der Waals surface area contributed by atoms with Crippen molar-refractivity contribution in [1.29, 1.82) is 0 Å². The molecule has 152 valence electrons. The number of carbonyl (C=O) groups excluding carboxylic acids is 2. The number of anilines is 1. The van der Waals surface area contributed by atoms with Crippen LogP contribution in [0.2, 0.25) is 0 Å². The highest BCUT2D eigenvalue weighted by Gasteiger charge is 2.40. The predicted octanol–water partition coefficient (Wildman–Crippen LogP) is 2.33. The van der Waals surface area contributed by atoms with Crippen LogP contribution in [0.5, 0.6) is 0 Å². The first-order chi connectivity index (χ1) is 13.4. The molecule has 7 heteroatoms. The van der Waals surface area contributed by atoms with Gasteiger partial charge in [-0.3, -0.25) is 9.59 Å². The van der Waals surface area contributed by atoms with Crippen LogP contribution in [0.15, 0.2) is 24.3 Å². The Bertz CT molecular complexity index is 726. The maximum atomic E-state index is 13.1. The highest BCUT2D eigenvalue weighted by molar-refractivity contribution is 5.98. The number of benzene rings is 1. The minimum Gasteiger partial charge on any atom is -0.478 e. The lowest BCUT2D eigenvalue weighted by Crippen LogP contribution is -2.46. The van der Waals surface area contributed by atoms with Crippen molar-refractivity contribution in [2.24, 2.45) is 23.5 Å². The van der Waals surface area contributed by atoms with Gasteiger partial charge in [0.1, 0.15) is 6.04 Å². The Kier molecular flexibility index (Phi) is 6.34. The monoisotopic (exact) mass is 387 g/mol. The van der Waals surface area contributed by atoms with Gasteiger partial charge in [0.15, 0.2) is 0 Å². The lowest BCUT2D eigenvalue weighted by molar-refractivity contribution is -0.141. The summed E-state index contributed by atoms with van der Waals surface area (Å²) in [6, 6.07) is 5.57. The van der Waals surface area contributed by atoms with Gasteiger partial charge in [-0.05, 0) is 74.8 Å². The molecular weight excluding hydrogens is 358 g/mol. The number of nitrogens with zero attached hydrogens (tertiary/aromatic N) is 1. The molecule has 1 saturated carbocycles. The SMILES string of the molecule is CC1CC(C(=O)Nc2ccc(C(=O)O)cc2)N(C(=O)C2CCC(CN)CC2)C1. The quantitative estimate of drug-likeness (QED) is 0.718. The second-order valence-corrected chi connectivity index (χ2v) is 8.17. The van der Waals surface area contributed by atoms with Crippen LogP contribution < -0.4 is 11.1 Å². The fraction of sp³-hybridized carbons (Fsp3) is 0.571. The van der Waals surface area contributed by atoms with Crippen molar-refractivity contribution in [1.82, 2.24) is 4.90 Å². The summed E-state index contributed by atoms with van der Waals surface area (Å²) in [6.45, 7) is 3.33. The van der Waals surface area contributed by atoms with E-state index in [1.807, 2.05) is 0 Å². The van der Waals surface area contributed by atoms with Crippen molar-refractivity contribution >= 4 is 23.5 Å². The number of carbonyl (C=O) groups is 3. The molecule has 2 unspecified atom stereocenters. The largest absolute Gasteiger partial charge is 0.478 e. The van der Waals surface area contributed by atoms with Crippen molar-refractivity contribution in [3.05, 3.63) is 29.8 Å². The molecule has 0 spiro atoms. The second kappa shape index (κ2) is 8.73. The summed E-state index contributed by atoms with van der Waals surface area (Å²) < 4.78 is 0. The Balaban J connectivity index is 1.64. The summed E-state index contributed by atoms with van der Waals surface area (Å²) in [5.74, 6) is -0.372. The van der Waals surface area contributed by atoms with E-state index in [1.165, 1.54) is 12.1 Å². The third-order valence-corrected chi connectivity index (χ3v) is 6.02. The summed E-state index contributed by atoms with van der Waals surface area (Å²) in [7, 11) is 0. The third kappa shape index (κ3) is 4.52. The number of carboxylic acids is 1. The van der Waals surface area contributed by atoms with Gasteiger partial charge in [0, 0.05) is 18.2 Å². The van der Waals surface area contributed by atoms with Crippen LogP contribution in [0, 0.1) is 17.8 Å². The second-order valence-electron chi connectivity index (χ2n) is 8.17. The van der Waals surface area contributed by atoms with Gasteiger partial charge in [0.05, 0.1) is 5.56 Å². The van der Waals surface area contributed by atoms with Gasteiger partial charge in [-0.2, -0.15) is 0 Å². The number of rotatable bonds is 5. The third-order valence-electron chi connectivity index (χ3n) is 6.02. The molecular formula is C21H29N3O4. The topological polar surface area (TPSA) is 113 Å². The van der Waals surface area contributed by atoms with E-state index in [2.05, 4.69) is 12.2 Å². The van der Waals surface area contributed by atoms with E-state index in [0.29, 0.717) is 31.1 Å². The molecule has 3 rings (SSSR count). The van der Waals surface area contributed by atoms with Gasteiger partial charge in [-0.1, -0.05) is 6.92 Å². The van der Waals surface area contributed by atoms with E-state index in [1.54, 1.807) is 17.0 Å². The molecule has 7 nitrogen and oxygen atoms in total. The average molecular weight is 387 g/mol. The van der Waals surface area contributed by atoms with Gasteiger partial charge >= 0.3 is 5.97 Å². The maximum absolute atomic E-state index is 13.1. The zero-order valence-corrected chi connectivity index (χ0v) is 16.3. The molecule has 0 radical (unpaired) electrons. The van der Waals surface area contributed by atoms with Gasteiger partial charge < -0.3 is 21.1 Å². The van der Waals surface area contributed by atoms with Crippen molar-refractivity contribution in [2.75, 3.05) is 18.4 Å². The van der Waals surface area contributed by atoms with Crippen LogP contribution >= 0.6 is 0 Å². The van der Waals surface area contributed by atoms with E-state index in [4.69, 9.17) is 10.8 Å². The first-order valence-electron chi connectivity index (χ1n) is 10.0. The van der Waals surface area contributed by atoms with Crippen LogP contribution in [0.4, 0.5) is 5.69 Å². The Morgan fingerprint density at radius 1 is 1.14 bits per heavy atom. The minimum absolute atomic E-state index is 0.0155. The molecule has 28 heavy (non-hydrogen) atoms. The highest BCUT2D eigenvalue weighted by atomic mass is 16.4. The van der Waals surface area contributed by atoms with Crippen molar-refractivity contribution in [3.8, 4) is 0 Å². The van der Waals surface area contributed by atoms with Crippen LogP contribution in [0.1, 0.15) is 49.4 Å². The Morgan fingerprint density at radius 3 is 2.36 bits per heavy atom. The minimum atomic E-state index is -1.01. The number of aromatic carboxylic acids is 1. The Labute approximate surface area is 165 Å². The number of hydrogen-bond donors (Lipinski definition) is 3. The van der Waals surface area contributed by atoms with Crippen LogP contribution in [-0.4, -0.2) is 46.9 Å². The van der Waals surface area contributed by atoms with Crippen LogP contribution in [0.3, 0.4) is 0 Å². The molecule has 2 aliphatic rings. The van der Waals surface area contributed by atoms with E-state index < -0.39 is 12.0 Å². The number of nitrogens with two attached hydrogens (primary N) is 1. The number of carboxylic acid groups (broad SMARTS) is 1. The number of nitrogens with one attached hydrogen (secondary N) is 1. The van der Waals surface area contributed by atoms with Crippen molar-refractivity contribution in [3.63, 3.8) is 0 Å². The van der Waals surface area contributed by atoms with E-state index in [0.717, 1.165) is 25.7 Å². The van der Waals surface area contributed by atoms with E-state index in [-0.39, 0.29) is 29.2 Å². The van der Waals surface area contributed by atoms with Crippen molar-refractivity contribution < 1.29 is 19.5 Å². The molecule has 4 N–H and O–H groups in total. The van der Waals surface area contributed by atoms with Crippen LogP contribution in [-0.2, 0) is 9.59 Å². The molecule has 1 aliphatic carbocycles. The van der Waals surface area contributed by atoms with E-state index in [9.17, 15) is 14.4 Å². The predicted molar refractivity (Wildman–Crippen MR) is 106 cm³/mol. The molecule has 1 aliphatic heterocycles. The summed E-state index contributed by atoms with van der Waals surface area (Å²) in [4.78, 5) is 38.6. The number of hydrogen-bond acceptors (Lipinski definition) is 4. The maximum Gasteiger partial charge on any atom is 0.335 e. The Hall–Kier alpha value is -2.41. The molecule has 1 saturated heterocycles. The first-order valence-corrected chi connectivity index (χ1v) is 10.0. The number of amides is 2. The Morgan fingerprint density at radius 2 is 1.79 bits per heavy atom. The smallest absolute Gasteiger partial charge is 0.335 e. The van der Waals surface area contributed by atoms with Crippen molar-refractivity contribution in [2.45, 2.75) is 45.1 Å². The molecule has 2 atom stereocenters. The standard InChI is InChI=1S/C21H29N3O4/c1-13-10-18(19(25)23-17-8-6-16(7-9-17)21(27)28)24(12-13)20(26)15-4-2-14(11-22)3-5-15/h6-9,13-15,18H,2-5,10-12,22H2,1H3,(H,23,25)(H,27,28). The molecule has 2 fully saturated rings. The fourth-order valence-electron chi connectivity index (χ4n) is 4.34. The highest BCUT2D eigenvalue weighted by Crippen LogP contribution is 2.33. The summed E-state index contributed by atoms with van der Waals surface area (Å²) in [5, 5.41) is 11.8. The summed E-state index contributed by atoms with van der Waals surface area (Å²) in [6.07, 6.45) is 4.28. The lowest BCUT2D eigenvalue weighted by Gasteiger charge is -2.32. The molecule has 1 aromatic carbocycles. The molecule has 1 aromatic rings. The van der Waals surface area contributed by atoms with Gasteiger partial charge in [-0.15, -0.1) is 0 Å². The first kappa shape index (κ1) is 20.3. The van der Waals surface area contributed by atoms with Gasteiger partial charge in [-0.25, -0.2) is 4.79 Å². The molecule has 0 bridgehead atoms. The van der Waals surface area contributed by atoms with E-state index >= 15 is 0 Å². The zero-order chi connectivity index (χ0) is 20.3. The fourth-order valence-corrected chi connectivity index (χ4v) is 4.34. The van der Waals surface area contributed by atoms with Gasteiger partial charge in [0.25, 0.3) is 0 Å². The van der Waals surface area contributed by atoms with Gasteiger partial charge in [0.2, 0.25) is 11.8 Å². The summed E-state index contributed by atoms with van der Waals surface area (Å²) in [5.41, 5.74) is 6.44. The zero-order valence-electron chi connectivity index (χ0n) is 16.3. The number of likely N-dealkylation sites (tertiary alicyclic amines) is 1. The normalized spacial score (nSPS) is 27.4.